The highest BCUT2D eigenvalue weighted by Crippen LogP contribution is 2.29. The van der Waals surface area contributed by atoms with Gasteiger partial charge in [0.05, 0.1) is 19.4 Å². The molecule has 0 aliphatic rings. The maximum atomic E-state index is 5.79. The van der Waals surface area contributed by atoms with Crippen molar-refractivity contribution in [1.29, 1.82) is 0 Å². The second-order valence-electron chi connectivity index (χ2n) is 4.38. The third-order valence-corrected chi connectivity index (χ3v) is 2.91. The molecule has 0 aliphatic carbocycles. The van der Waals surface area contributed by atoms with Gasteiger partial charge in [0.1, 0.15) is 6.61 Å². The average Bonchev–Trinajstić information content (AvgIpc) is 2.54. The highest BCUT2D eigenvalue weighted by atomic mass is 16.5. The molecule has 0 fully saturated rings. The van der Waals surface area contributed by atoms with E-state index in [0.717, 1.165) is 11.3 Å². The third kappa shape index (κ3) is 4.10. The molecule has 1 heterocycles. The van der Waals surface area contributed by atoms with Gasteiger partial charge in [-0.2, -0.15) is 0 Å². The summed E-state index contributed by atoms with van der Waals surface area (Å²) in [4.78, 5) is 4.31. The fourth-order valence-corrected chi connectivity index (χ4v) is 1.87. The zero-order valence-electron chi connectivity index (χ0n) is 12.3. The molecule has 1 aromatic carbocycles. The molecule has 2 rings (SSSR count). The highest BCUT2D eigenvalue weighted by Gasteiger charge is 2.07. The number of nitrogens with zero attached hydrogens (tertiary/aromatic N) is 1. The molecule has 0 amide bonds. The van der Waals surface area contributed by atoms with Gasteiger partial charge < -0.3 is 19.9 Å². The molecule has 2 aromatic rings. The first-order valence-electron chi connectivity index (χ1n) is 6.85. The molecule has 0 aliphatic heterocycles. The zero-order valence-corrected chi connectivity index (χ0v) is 12.3. The Morgan fingerprint density at radius 3 is 2.67 bits per heavy atom. The monoisotopic (exact) mass is 288 g/mol. The predicted octanol–water partition coefficient (Wildman–Crippen LogP) is 2.53. The maximum Gasteiger partial charge on any atom is 0.213 e. The topological polar surface area (TPSA) is 66.6 Å². The smallest absolute Gasteiger partial charge is 0.213 e. The number of pyridine rings is 1. The fourth-order valence-electron chi connectivity index (χ4n) is 1.87. The number of nitrogens with two attached hydrogens (primary N) is 1. The van der Waals surface area contributed by atoms with Gasteiger partial charge in [-0.15, -0.1) is 0 Å². The molecule has 0 unspecified atom stereocenters. The Bertz CT molecular complexity index is 587. The minimum absolute atomic E-state index is 0.346. The predicted molar refractivity (Wildman–Crippen MR) is 80.6 cm³/mol. The zero-order chi connectivity index (χ0) is 15.1. The van der Waals surface area contributed by atoms with E-state index >= 15 is 0 Å². The van der Waals surface area contributed by atoms with Crippen molar-refractivity contribution in [3.8, 4) is 17.4 Å². The Morgan fingerprint density at radius 1 is 1.10 bits per heavy atom. The van der Waals surface area contributed by atoms with Crippen LogP contribution in [0, 0.1) is 0 Å². The molecule has 112 valence electrons. The molecule has 1 aromatic heterocycles. The number of methoxy groups -OCH3 is 1. The number of aromatic nitrogens is 1. The Hall–Kier alpha value is -2.27. The van der Waals surface area contributed by atoms with Crippen LogP contribution in [0.3, 0.4) is 0 Å². The summed E-state index contributed by atoms with van der Waals surface area (Å²) in [6, 6.07) is 11.3. The lowest BCUT2D eigenvalue weighted by molar-refractivity contribution is 0.265. The molecule has 2 N–H and O–H groups in total. The van der Waals surface area contributed by atoms with Crippen molar-refractivity contribution in [2.45, 2.75) is 20.1 Å². The fraction of sp³-hybridized carbons (Fsp3) is 0.312. The van der Waals surface area contributed by atoms with Crippen LogP contribution in [0.4, 0.5) is 0 Å². The minimum atomic E-state index is 0.346. The SMILES string of the molecule is CCOc1cc(CN)ccc1OCc1cccc(OC)n1. The van der Waals surface area contributed by atoms with E-state index in [4.69, 9.17) is 19.9 Å². The van der Waals surface area contributed by atoms with E-state index in [0.29, 0.717) is 37.1 Å². The molecule has 21 heavy (non-hydrogen) atoms. The van der Waals surface area contributed by atoms with E-state index in [9.17, 15) is 0 Å². The van der Waals surface area contributed by atoms with Crippen LogP contribution in [0.2, 0.25) is 0 Å². The van der Waals surface area contributed by atoms with Gasteiger partial charge in [0.2, 0.25) is 5.88 Å². The largest absolute Gasteiger partial charge is 0.490 e. The summed E-state index contributed by atoms with van der Waals surface area (Å²) in [5.41, 5.74) is 7.44. The lowest BCUT2D eigenvalue weighted by Gasteiger charge is -2.13. The maximum absolute atomic E-state index is 5.79. The van der Waals surface area contributed by atoms with Crippen molar-refractivity contribution in [2.75, 3.05) is 13.7 Å². The quantitative estimate of drug-likeness (QED) is 0.848. The molecule has 0 bridgehead atoms. The van der Waals surface area contributed by atoms with Gasteiger partial charge in [-0.25, -0.2) is 4.98 Å². The van der Waals surface area contributed by atoms with Crippen molar-refractivity contribution in [2.24, 2.45) is 5.73 Å². The molecule has 5 nitrogen and oxygen atoms in total. The number of rotatable bonds is 7. The second-order valence-corrected chi connectivity index (χ2v) is 4.38. The minimum Gasteiger partial charge on any atom is -0.490 e. The number of ether oxygens (including phenoxy) is 3. The first-order valence-corrected chi connectivity index (χ1v) is 6.85. The molecule has 0 radical (unpaired) electrons. The van der Waals surface area contributed by atoms with Gasteiger partial charge in [-0.3, -0.25) is 0 Å². The van der Waals surface area contributed by atoms with E-state index in [1.54, 1.807) is 13.2 Å². The van der Waals surface area contributed by atoms with Crippen LogP contribution in [0.5, 0.6) is 17.4 Å². The van der Waals surface area contributed by atoms with Crippen molar-refractivity contribution < 1.29 is 14.2 Å². The molecular formula is C16H20N2O3. The van der Waals surface area contributed by atoms with E-state index in [2.05, 4.69) is 4.98 Å². The second kappa shape index (κ2) is 7.50. The third-order valence-electron chi connectivity index (χ3n) is 2.91. The number of benzene rings is 1. The van der Waals surface area contributed by atoms with Gasteiger partial charge in [0.25, 0.3) is 0 Å². The summed E-state index contributed by atoms with van der Waals surface area (Å²) < 4.78 is 16.5. The Labute approximate surface area is 124 Å². The average molecular weight is 288 g/mol. The van der Waals surface area contributed by atoms with Gasteiger partial charge >= 0.3 is 0 Å². The molecule has 0 saturated carbocycles. The summed E-state index contributed by atoms with van der Waals surface area (Å²) in [6.07, 6.45) is 0. The Kier molecular flexibility index (Phi) is 5.40. The highest BCUT2D eigenvalue weighted by molar-refractivity contribution is 5.43. The lowest BCUT2D eigenvalue weighted by atomic mass is 10.2. The molecule has 5 heteroatoms. The van der Waals surface area contributed by atoms with E-state index in [-0.39, 0.29) is 0 Å². The van der Waals surface area contributed by atoms with E-state index < -0.39 is 0 Å². The Morgan fingerprint density at radius 2 is 1.95 bits per heavy atom. The van der Waals surface area contributed by atoms with Gasteiger partial charge in [0, 0.05) is 12.6 Å². The summed E-state index contributed by atoms with van der Waals surface area (Å²) in [6.45, 7) is 3.32. The van der Waals surface area contributed by atoms with Crippen LogP contribution in [0.1, 0.15) is 18.2 Å². The van der Waals surface area contributed by atoms with Crippen LogP contribution in [0.15, 0.2) is 36.4 Å². The summed E-state index contributed by atoms with van der Waals surface area (Å²) in [5, 5.41) is 0. The van der Waals surface area contributed by atoms with Crippen LogP contribution >= 0.6 is 0 Å². The molecule has 0 saturated heterocycles. The lowest BCUT2D eigenvalue weighted by Crippen LogP contribution is -2.03. The first-order chi connectivity index (χ1) is 10.3. The van der Waals surface area contributed by atoms with Crippen molar-refractivity contribution >= 4 is 0 Å². The molecule has 0 atom stereocenters. The summed E-state index contributed by atoms with van der Waals surface area (Å²) in [5.74, 6) is 1.95. The molecule has 0 spiro atoms. The van der Waals surface area contributed by atoms with Gasteiger partial charge in [0.15, 0.2) is 11.5 Å². The number of hydrogen-bond acceptors (Lipinski definition) is 5. The van der Waals surface area contributed by atoms with Crippen LogP contribution in [-0.2, 0) is 13.2 Å². The van der Waals surface area contributed by atoms with Crippen molar-refractivity contribution in [1.82, 2.24) is 4.98 Å². The summed E-state index contributed by atoms with van der Waals surface area (Å²) in [7, 11) is 1.59. The van der Waals surface area contributed by atoms with Crippen LogP contribution in [0.25, 0.3) is 0 Å². The summed E-state index contributed by atoms with van der Waals surface area (Å²) >= 11 is 0. The van der Waals surface area contributed by atoms with Crippen LogP contribution in [-0.4, -0.2) is 18.7 Å². The first kappa shape index (κ1) is 15.1. The van der Waals surface area contributed by atoms with Crippen molar-refractivity contribution in [3.63, 3.8) is 0 Å². The van der Waals surface area contributed by atoms with E-state index in [1.807, 2.05) is 37.3 Å². The van der Waals surface area contributed by atoms with Gasteiger partial charge in [-0.05, 0) is 30.7 Å². The normalized spacial score (nSPS) is 10.2. The number of hydrogen-bond donors (Lipinski definition) is 1. The Balaban J connectivity index is 2.11. The van der Waals surface area contributed by atoms with Gasteiger partial charge in [-0.1, -0.05) is 12.1 Å². The van der Waals surface area contributed by atoms with Crippen LogP contribution < -0.4 is 19.9 Å². The van der Waals surface area contributed by atoms with E-state index in [1.165, 1.54) is 0 Å². The van der Waals surface area contributed by atoms with Crippen molar-refractivity contribution in [3.05, 3.63) is 47.7 Å². The standard InChI is InChI=1S/C16H20N2O3/c1-3-20-15-9-12(10-17)7-8-14(15)21-11-13-5-4-6-16(18-13)19-2/h4-9H,3,10-11,17H2,1-2H3. The molecular weight excluding hydrogens is 268 g/mol.